The molecule has 0 bridgehead atoms. The predicted octanol–water partition coefficient (Wildman–Crippen LogP) is 3.50. The van der Waals surface area contributed by atoms with Gasteiger partial charge in [-0.1, -0.05) is 18.2 Å². The Kier molecular flexibility index (Phi) is 6.74. The van der Waals surface area contributed by atoms with E-state index in [0.29, 0.717) is 19.0 Å². The molecule has 0 radical (unpaired) electrons. The molecule has 0 saturated heterocycles. The Bertz CT molecular complexity index is 740. The van der Waals surface area contributed by atoms with E-state index in [1.165, 1.54) is 12.8 Å². The van der Waals surface area contributed by atoms with Crippen molar-refractivity contribution in [3.63, 3.8) is 0 Å². The number of aliphatic imine (C=N–C) groups is 1. The smallest absolute Gasteiger partial charge is 0.191 e. The van der Waals surface area contributed by atoms with E-state index in [1.807, 2.05) is 48.9 Å². The van der Waals surface area contributed by atoms with Crippen LogP contribution in [-0.2, 0) is 12.1 Å². The molecule has 1 fully saturated rings. The summed E-state index contributed by atoms with van der Waals surface area (Å²) in [5.41, 5.74) is 1.04. The van der Waals surface area contributed by atoms with E-state index in [1.54, 1.807) is 11.3 Å². The van der Waals surface area contributed by atoms with Crippen LogP contribution in [0.1, 0.15) is 37.8 Å². The number of ether oxygens (including phenoxy) is 1. The Hall–Kier alpha value is -2.05. The van der Waals surface area contributed by atoms with Crippen LogP contribution in [-0.4, -0.2) is 30.8 Å². The van der Waals surface area contributed by atoms with Crippen LogP contribution in [0.25, 0.3) is 0 Å². The highest BCUT2D eigenvalue weighted by Crippen LogP contribution is 2.30. The lowest BCUT2D eigenvalue weighted by Crippen LogP contribution is -2.44. The first-order valence-corrected chi connectivity index (χ1v) is 10.5. The average Bonchev–Trinajstić information content (AvgIpc) is 3.32. The second-order valence-electron chi connectivity index (χ2n) is 7.20. The maximum Gasteiger partial charge on any atom is 0.191 e. The van der Waals surface area contributed by atoms with Crippen molar-refractivity contribution in [3.05, 3.63) is 52.2 Å². The van der Waals surface area contributed by atoms with Gasteiger partial charge >= 0.3 is 0 Å². The van der Waals surface area contributed by atoms with Crippen molar-refractivity contribution < 1.29 is 9.84 Å². The van der Waals surface area contributed by atoms with E-state index in [4.69, 9.17) is 4.74 Å². The van der Waals surface area contributed by atoms with Gasteiger partial charge in [0.2, 0.25) is 0 Å². The van der Waals surface area contributed by atoms with Crippen molar-refractivity contribution >= 4 is 17.3 Å². The number of rotatable bonds is 9. The quantitative estimate of drug-likeness (QED) is 0.455. The molecule has 146 valence electrons. The molecule has 0 aliphatic heterocycles. The highest BCUT2D eigenvalue weighted by atomic mass is 32.1. The zero-order valence-electron chi connectivity index (χ0n) is 16.1. The number of thiophene rings is 1. The molecule has 6 heteroatoms. The third-order valence-corrected chi connectivity index (χ3v) is 5.32. The van der Waals surface area contributed by atoms with E-state index in [0.717, 1.165) is 35.9 Å². The standard InChI is InChI=1S/C21H29N3O2S/c1-3-22-20(24-15-21(2,25)18-10-11-27-14-18)23-12-17-6-4-5-7-19(17)26-13-16-8-9-16/h4-7,10-11,14,16,25H,3,8-9,12-13,15H2,1-2H3,(H2,22,23,24). The lowest BCUT2D eigenvalue weighted by molar-refractivity contribution is 0.0621. The molecule has 1 aromatic carbocycles. The summed E-state index contributed by atoms with van der Waals surface area (Å²) in [6, 6.07) is 10.0. The van der Waals surface area contributed by atoms with Crippen LogP contribution in [0.4, 0.5) is 0 Å². The molecule has 5 nitrogen and oxygen atoms in total. The number of nitrogens with zero attached hydrogens (tertiary/aromatic N) is 1. The summed E-state index contributed by atoms with van der Waals surface area (Å²) in [7, 11) is 0. The predicted molar refractivity (Wildman–Crippen MR) is 111 cm³/mol. The van der Waals surface area contributed by atoms with Gasteiger partial charge in [-0.05, 0) is 61.1 Å². The summed E-state index contributed by atoms with van der Waals surface area (Å²) in [5, 5.41) is 21.1. The van der Waals surface area contributed by atoms with Crippen LogP contribution in [0.3, 0.4) is 0 Å². The van der Waals surface area contributed by atoms with Crippen LogP contribution in [0.2, 0.25) is 0 Å². The number of benzene rings is 1. The van der Waals surface area contributed by atoms with Gasteiger partial charge in [-0.2, -0.15) is 11.3 Å². The molecule has 3 N–H and O–H groups in total. The number of hydrogen-bond donors (Lipinski definition) is 3. The molecule has 0 spiro atoms. The number of nitrogens with one attached hydrogen (secondary N) is 2. The molecular weight excluding hydrogens is 358 g/mol. The minimum absolute atomic E-state index is 0.384. The van der Waals surface area contributed by atoms with Gasteiger partial charge in [0.25, 0.3) is 0 Å². The lowest BCUT2D eigenvalue weighted by atomic mass is 9.99. The van der Waals surface area contributed by atoms with Crippen LogP contribution >= 0.6 is 11.3 Å². The zero-order valence-corrected chi connectivity index (χ0v) is 16.9. The second-order valence-corrected chi connectivity index (χ2v) is 7.98. The van der Waals surface area contributed by atoms with E-state index in [9.17, 15) is 5.11 Å². The summed E-state index contributed by atoms with van der Waals surface area (Å²) in [4.78, 5) is 4.68. The Labute approximate surface area is 165 Å². The Balaban J connectivity index is 1.61. The SMILES string of the molecule is CCNC(=NCc1ccccc1OCC1CC1)NCC(C)(O)c1ccsc1. The van der Waals surface area contributed by atoms with Crippen molar-refractivity contribution in [3.8, 4) is 5.75 Å². The summed E-state index contributed by atoms with van der Waals surface area (Å²) < 4.78 is 5.97. The topological polar surface area (TPSA) is 65.9 Å². The first kappa shape index (κ1) is 19.7. The molecule has 2 aromatic rings. The van der Waals surface area contributed by atoms with Gasteiger partial charge in [-0.3, -0.25) is 0 Å². The van der Waals surface area contributed by atoms with Gasteiger partial charge in [-0.25, -0.2) is 4.99 Å². The minimum atomic E-state index is -0.943. The summed E-state index contributed by atoms with van der Waals surface area (Å²) in [6.45, 7) is 6.30. The second kappa shape index (κ2) is 9.24. The minimum Gasteiger partial charge on any atom is -0.493 e. The van der Waals surface area contributed by atoms with E-state index in [-0.39, 0.29) is 0 Å². The fourth-order valence-electron chi connectivity index (χ4n) is 2.70. The molecular formula is C21H29N3O2S. The maximum atomic E-state index is 10.7. The molecule has 3 rings (SSSR count). The molecule has 1 atom stereocenters. The third-order valence-electron chi connectivity index (χ3n) is 4.64. The fourth-order valence-corrected chi connectivity index (χ4v) is 3.49. The molecule has 1 heterocycles. The van der Waals surface area contributed by atoms with Gasteiger partial charge in [0.1, 0.15) is 11.4 Å². The van der Waals surface area contributed by atoms with Crippen LogP contribution in [0.15, 0.2) is 46.1 Å². The molecule has 1 unspecified atom stereocenters. The number of aliphatic hydroxyl groups is 1. The van der Waals surface area contributed by atoms with Crippen molar-refractivity contribution in [2.45, 2.75) is 38.8 Å². The summed E-state index contributed by atoms with van der Waals surface area (Å²) in [5.74, 6) is 2.32. The highest BCUT2D eigenvalue weighted by Gasteiger charge is 2.24. The van der Waals surface area contributed by atoms with Crippen molar-refractivity contribution in [2.75, 3.05) is 19.7 Å². The maximum absolute atomic E-state index is 10.7. The van der Waals surface area contributed by atoms with Crippen molar-refractivity contribution in [1.29, 1.82) is 0 Å². The van der Waals surface area contributed by atoms with E-state index >= 15 is 0 Å². The fraction of sp³-hybridized carbons (Fsp3) is 0.476. The van der Waals surface area contributed by atoms with Gasteiger partial charge < -0.3 is 20.5 Å². The highest BCUT2D eigenvalue weighted by molar-refractivity contribution is 7.08. The van der Waals surface area contributed by atoms with Gasteiger partial charge in [0, 0.05) is 12.1 Å². The molecule has 1 aromatic heterocycles. The monoisotopic (exact) mass is 387 g/mol. The largest absolute Gasteiger partial charge is 0.493 e. The van der Waals surface area contributed by atoms with Gasteiger partial charge in [0.15, 0.2) is 5.96 Å². The van der Waals surface area contributed by atoms with Crippen LogP contribution < -0.4 is 15.4 Å². The summed E-state index contributed by atoms with van der Waals surface area (Å²) >= 11 is 1.58. The first-order valence-electron chi connectivity index (χ1n) is 9.56. The lowest BCUT2D eigenvalue weighted by Gasteiger charge is -2.24. The van der Waals surface area contributed by atoms with E-state index in [2.05, 4.69) is 21.7 Å². The molecule has 27 heavy (non-hydrogen) atoms. The van der Waals surface area contributed by atoms with Crippen molar-refractivity contribution in [1.82, 2.24) is 10.6 Å². The number of para-hydroxylation sites is 1. The molecule has 1 aliphatic carbocycles. The van der Waals surface area contributed by atoms with E-state index < -0.39 is 5.60 Å². The normalized spacial score (nSPS) is 16.6. The molecule has 0 amide bonds. The Morgan fingerprint density at radius 2 is 2.11 bits per heavy atom. The van der Waals surface area contributed by atoms with Crippen molar-refractivity contribution in [2.24, 2.45) is 10.9 Å². The molecule has 1 saturated carbocycles. The van der Waals surface area contributed by atoms with Crippen LogP contribution in [0, 0.1) is 5.92 Å². The van der Waals surface area contributed by atoms with Gasteiger partial charge in [-0.15, -0.1) is 0 Å². The average molecular weight is 388 g/mol. The zero-order chi connectivity index (χ0) is 19.1. The van der Waals surface area contributed by atoms with Gasteiger partial charge in [0.05, 0.1) is 19.7 Å². The number of hydrogen-bond acceptors (Lipinski definition) is 4. The Morgan fingerprint density at radius 1 is 1.30 bits per heavy atom. The number of guanidine groups is 1. The summed E-state index contributed by atoms with van der Waals surface area (Å²) in [6.07, 6.45) is 2.55. The molecule has 1 aliphatic rings. The first-order chi connectivity index (χ1) is 13.1. The third kappa shape index (κ3) is 5.97. The van der Waals surface area contributed by atoms with Crippen LogP contribution in [0.5, 0.6) is 5.75 Å². The Morgan fingerprint density at radius 3 is 2.81 bits per heavy atom.